The molecule has 0 aliphatic rings. The van der Waals surface area contributed by atoms with Gasteiger partial charge in [-0.15, -0.1) is 0 Å². The van der Waals surface area contributed by atoms with Gasteiger partial charge in [0.1, 0.15) is 0 Å². The standard InChI is InChI=1S/C12H13IN2O/c1-2-14-8-12-15-7-11(16-12)9-4-3-5-10(13)6-9/h3-7,14H,2,8H2,1H3. The van der Waals surface area contributed by atoms with Gasteiger partial charge in [0, 0.05) is 9.13 Å². The zero-order valence-electron chi connectivity index (χ0n) is 9.03. The molecular formula is C12H13IN2O. The van der Waals surface area contributed by atoms with Crippen LogP contribution in [0, 0.1) is 3.57 Å². The van der Waals surface area contributed by atoms with E-state index < -0.39 is 0 Å². The molecule has 0 radical (unpaired) electrons. The Labute approximate surface area is 108 Å². The highest BCUT2D eigenvalue weighted by Gasteiger charge is 2.05. The molecule has 0 aliphatic heterocycles. The molecule has 0 bridgehead atoms. The van der Waals surface area contributed by atoms with Crippen LogP contribution in [-0.4, -0.2) is 11.5 Å². The van der Waals surface area contributed by atoms with Crippen molar-refractivity contribution >= 4 is 22.6 Å². The van der Waals surface area contributed by atoms with Crippen LogP contribution in [0.15, 0.2) is 34.9 Å². The number of nitrogens with one attached hydrogen (secondary N) is 1. The number of rotatable bonds is 4. The molecule has 0 amide bonds. The quantitative estimate of drug-likeness (QED) is 0.877. The minimum Gasteiger partial charge on any atom is -0.439 e. The molecule has 0 saturated heterocycles. The lowest BCUT2D eigenvalue weighted by Gasteiger charge is -1.97. The molecule has 84 valence electrons. The first kappa shape index (κ1) is 11.6. The molecule has 4 heteroatoms. The van der Waals surface area contributed by atoms with E-state index in [0.717, 1.165) is 23.8 Å². The predicted octanol–water partition coefficient (Wildman–Crippen LogP) is 3.06. The fourth-order valence-corrected chi connectivity index (χ4v) is 1.94. The molecule has 1 N–H and O–H groups in total. The summed E-state index contributed by atoms with van der Waals surface area (Å²) in [5.41, 5.74) is 1.07. The van der Waals surface area contributed by atoms with Crippen LogP contribution >= 0.6 is 22.6 Å². The maximum absolute atomic E-state index is 5.65. The van der Waals surface area contributed by atoms with Crippen molar-refractivity contribution in [2.75, 3.05) is 6.54 Å². The van der Waals surface area contributed by atoms with Gasteiger partial charge >= 0.3 is 0 Å². The van der Waals surface area contributed by atoms with Crippen molar-refractivity contribution in [1.29, 1.82) is 0 Å². The van der Waals surface area contributed by atoms with E-state index in [2.05, 4.69) is 51.9 Å². The maximum atomic E-state index is 5.65. The van der Waals surface area contributed by atoms with Crippen LogP contribution in [0.2, 0.25) is 0 Å². The summed E-state index contributed by atoms with van der Waals surface area (Å²) in [6.07, 6.45) is 1.78. The first-order valence-corrected chi connectivity index (χ1v) is 6.29. The van der Waals surface area contributed by atoms with Crippen LogP contribution in [0.1, 0.15) is 12.8 Å². The third-order valence-electron chi connectivity index (χ3n) is 2.19. The Bertz CT molecular complexity index is 468. The van der Waals surface area contributed by atoms with Crippen molar-refractivity contribution in [2.24, 2.45) is 0 Å². The second kappa shape index (κ2) is 5.45. The van der Waals surface area contributed by atoms with Crippen LogP contribution in [0.4, 0.5) is 0 Å². The summed E-state index contributed by atoms with van der Waals surface area (Å²) in [7, 11) is 0. The van der Waals surface area contributed by atoms with Gasteiger partial charge in [-0.25, -0.2) is 4.98 Å². The van der Waals surface area contributed by atoms with Gasteiger partial charge in [-0.3, -0.25) is 0 Å². The van der Waals surface area contributed by atoms with Crippen LogP contribution < -0.4 is 5.32 Å². The van der Waals surface area contributed by atoms with Crippen LogP contribution in [0.5, 0.6) is 0 Å². The van der Waals surface area contributed by atoms with Crippen molar-refractivity contribution in [2.45, 2.75) is 13.5 Å². The van der Waals surface area contributed by atoms with Crippen LogP contribution in [0.25, 0.3) is 11.3 Å². The fraction of sp³-hybridized carbons (Fsp3) is 0.250. The lowest BCUT2D eigenvalue weighted by Crippen LogP contribution is -2.11. The summed E-state index contributed by atoms with van der Waals surface area (Å²) in [5, 5.41) is 3.18. The lowest BCUT2D eigenvalue weighted by atomic mass is 10.2. The molecule has 0 spiro atoms. The minimum absolute atomic E-state index is 0.681. The summed E-state index contributed by atoms with van der Waals surface area (Å²) in [6.45, 7) is 3.66. The molecule has 0 aliphatic carbocycles. The number of oxazole rings is 1. The first-order valence-electron chi connectivity index (χ1n) is 5.21. The molecule has 0 fully saturated rings. The maximum Gasteiger partial charge on any atom is 0.208 e. The highest BCUT2D eigenvalue weighted by Crippen LogP contribution is 2.21. The van der Waals surface area contributed by atoms with E-state index >= 15 is 0 Å². The largest absolute Gasteiger partial charge is 0.439 e. The average Bonchev–Trinajstić information content (AvgIpc) is 2.75. The number of aromatic nitrogens is 1. The summed E-state index contributed by atoms with van der Waals surface area (Å²) < 4.78 is 6.84. The van der Waals surface area contributed by atoms with Gasteiger partial charge in [0.2, 0.25) is 5.89 Å². The molecule has 2 rings (SSSR count). The third kappa shape index (κ3) is 2.82. The first-order chi connectivity index (χ1) is 7.79. The molecule has 3 nitrogen and oxygen atoms in total. The monoisotopic (exact) mass is 328 g/mol. The Morgan fingerprint density at radius 3 is 3.06 bits per heavy atom. The van der Waals surface area contributed by atoms with E-state index in [0.29, 0.717) is 6.54 Å². The zero-order chi connectivity index (χ0) is 11.4. The summed E-state index contributed by atoms with van der Waals surface area (Å²) in [4.78, 5) is 4.23. The molecule has 1 aromatic heterocycles. The van der Waals surface area contributed by atoms with Crippen molar-refractivity contribution in [3.05, 3.63) is 39.9 Å². The zero-order valence-corrected chi connectivity index (χ0v) is 11.2. The molecule has 1 heterocycles. The molecular weight excluding hydrogens is 315 g/mol. The Balaban J connectivity index is 2.18. The number of benzene rings is 1. The van der Waals surface area contributed by atoms with E-state index in [4.69, 9.17) is 4.42 Å². The van der Waals surface area contributed by atoms with E-state index in [1.54, 1.807) is 6.20 Å². The SMILES string of the molecule is CCNCc1ncc(-c2cccc(I)c2)o1. The lowest BCUT2D eigenvalue weighted by molar-refractivity contribution is 0.482. The second-order valence-electron chi connectivity index (χ2n) is 3.41. The third-order valence-corrected chi connectivity index (χ3v) is 2.86. The normalized spacial score (nSPS) is 10.6. The molecule has 16 heavy (non-hydrogen) atoms. The van der Waals surface area contributed by atoms with Gasteiger partial charge in [0.15, 0.2) is 5.76 Å². The van der Waals surface area contributed by atoms with E-state index in [1.165, 1.54) is 3.57 Å². The average molecular weight is 328 g/mol. The molecule has 1 aromatic carbocycles. The smallest absolute Gasteiger partial charge is 0.208 e. The van der Waals surface area contributed by atoms with E-state index in [-0.39, 0.29) is 0 Å². The van der Waals surface area contributed by atoms with Gasteiger partial charge in [-0.05, 0) is 41.3 Å². The van der Waals surface area contributed by atoms with Gasteiger partial charge < -0.3 is 9.73 Å². The minimum atomic E-state index is 0.681. The van der Waals surface area contributed by atoms with Crippen molar-refractivity contribution in [3.63, 3.8) is 0 Å². The molecule has 0 saturated carbocycles. The second-order valence-corrected chi connectivity index (χ2v) is 4.65. The summed E-state index contributed by atoms with van der Waals surface area (Å²) >= 11 is 2.29. The number of nitrogens with zero attached hydrogens (tertiary/aromatic N) is 1. The predicted molar refractivity (Wildman–Crippen MR) is 72.0 cm³/mol. The Hall–Kier alpha value is -0.880. The molecule has 0 atom stereocenters. The van der Waals surface area contributed by atoms with E-state index in [1.807, 2.05) is 12.1 Å². The summed E-state index contributed by atoms with van der Waals surface area (Å²) in [5.74, 6) is 1.56. The molecule has 0 unspecified atom stereocenters. The fourth-order valence-electron chi connectivity index (χ4n) is 1.40. The molecule has 2 aromatic rings. The Kier molecular flexibility index (Phi) is 3.95. The summed E-state index contributed by atoms with van der Waals surface area (Å²) in [6, 6.07) is 8.18. The Morgan fingerprint density at radius 1 is 1.44 bits per heavy atom. The highest BCUT2D eigenvalue weighted by molar-refractivity contribution is 14.1. The van der Waals surface area contributed by atoms with Crippen LogP contribution in [0.3, 0.4) is 0 Å². The van der Waals surface area contributed by atoms with Crippen molar-refractivity contribution in [3.8, 4) is 11.3 Å². The van der Waals surface area contributed by atoms with Gasteiger partial charge in [-0.1, -0.05) is 19.1 Å². The topological polar surface area (TPSA) is 38.1 Å². The number of hydrogen-bond donors (Lipinski definition) is 1. The highest BCUT2D eigenvalue weighted by atomic mass is 127. The van der Waals surface area contributed by atoms with Crippen molar-refractivity contribution in [1.82, 2.24) is 10.3 Å². The number of halogens is 1. The van der Waals surface area contributed by atoms with Gasteiger partial charge in [0.25, 0.3) is 0 Å². The van der Waals surface area contributed by atoms with Gasteiger partial charge in [-0.2, -0.15) is 0 Å². The van der Waals surface area contributed by atoms with Crippen molar-refractivity contribution < 1.29 is 4.42 Å². The van der Waals surface area contributed by atoms with Crippen LogP contribution in [-0.2, 0) is 6.54 Å². The van der Waals surface area contributed by atoms with Gasteiger partial charge in [0.05, 0.1) is 12.7 Å². The van der Waals surface area contributed by atoms with E-state index in [9.17, 15) is 0 Å². The Morgan fingerprint density at radius 2 is 2.31 bits per heavy atom. The number of hydrogen-bond acceptors (Lipinski definition) is 3.